The van der Waals surface area contributed by atoms with Crippen molar-refractivity contribution in [2.75, 3.05) is 38.1 Å². The van der Waals surface area contributed by atoms with Crippen molar-refractivity contribution in [2.45, 2.75) is 0 Å². The van der Waals surface area contributed by atoms with Crippen LogP contribution in [0.25, 0.3) is 6.08 Å². The summed E-state index contributed by atoms with van der Waals surface area (Å²) in [6.45, 7) is 3.97. The quantitative estimate of drug-likeness (QED) is 0.626. The first-order valence-electron chi connectivity index (χ1n) is 8.24. The summed E-state index contributed by atoms with van der Waals surface area (Å²) in [6.07, 6.45) is 2.67. The molecule has 3 rings (SSSR count). The Labute approximate surface area is 146 Å². The van der Waals surface area contributed by atoms with E-state index in [0.717, 1.165) is 44.0 Å². The number of likely N-dealkylation sites (N-methyl/N-ethyl adjacent to an activating group) is 1. The van der Waals surface area contributed by atoms with Crippen LogP contribution in [0.2, 0.25) is 0 Å². The number of hydrogen-bond acceptors (Lipinski definition) is 3. The van der Waals surface area contributed by atoms with E-state index in [4.69, 9.17) is 0 Å². The van der Waals surface area contributed by atoms with Gasteiger partial charge in [-0.3, -0.25) is 4.79 Å². The summed E-state index contributed by atoms with van der Waals surface area (Å²) in [5.74, 6) is -1.54. The molecule has 1 saturated heterocycles. The Morgan fingerprint density at radius 1 is 1.00 bits per heavy atom. The van der Waals surface area contributed by atoms with Crippen molar-refractivity contribution >= 4 is 17.5 Å². The Bertz CT molecular complexity index is 779. The van der Waals surface area contributed by atoms with E-state index in [2.05, 4.69) is 16.8 Å². The van der Waals surface area contributed by atoms with Crippen molar-refractivity contribution in [1.29, 1.82) is 0 Å². The van der Waals surface area contributed by atoms with E-state index in [9.17, 15) is 13.6 Å². The number of anilines is 1. The topological polar surface area (TPSA) is 23.6 Å². The summed E-state index contributed by atoms with van der Waals surface area (Å²) >= 11 is 0. The normalized spacial score (nSPS) is 15.7. The summed E-state index contributed by atoms with van der Waals surface area (Å²) in [6, 6.07) is 10.7. The molecule has 1 heterocycles. The summed E-state index contributed by atoms with van der Waals surface area (Å²) < 4.78 is 26.5. The highest BCUT2D eigenvalue weighted by atomic mass is 19.1. The molecule has 0 radical (unpaired) electrons. The molecule has 0 amide bonds. The van der Waals surface area contributed by atoms with Gasteiger partial charge in [-0.05, 0) is 55.6 Å². The van der Waals surface area contributed by atoms with Gasteiger partial charge in [0.15, 0.2) is 5.78 Å². The molecular weight excluding hydrogens is 322 g/mol. The number of halogens is 2. The zero-order valence-corrected chi connectivity index (χ0v) is 14.1. The van der Waals surface area contributed by atoms with Crippen molar-refractivity contribution in [3.63, 3.8) is 0 Å². The fourth-order valence-corrected chi connectivity index (χ4v) is 2.80. The van der Waals surface area contributed by atoms with Crippen LogP contribution in [0, 0.1) is 11.6 Å². The molecule has 0 spiro atoms. The zero-order valence-electron chi connectivity index (χ0n) is 14.1. The highest BCUT2D eigenvalue weighted by molar-refractivity contribution is 6.07. The smallest absolute Gasteiger partial charge is 0.185 e. The highest BCUT2D eigenvalue weighted by Gasteiger charge is 2.14. The maximum absolute atomic E-state index is 13.6. The fourth-order valence-electron chi connectivity index (χ4n) is 2.80. The van der Waals surface area contributed by atoms with Crippen LogP contribution in [0.5, 0.6) is 0 Å². The number of carbonyl (C=O) groups excluding carboxylic acids is 1. The van der Waals surface area contributed by atoms with Gasteiger partial charge in [0.1, 0.15) is 11.6 Å². The zero-order chi connectivity index (χ0) is 17.8. The Hall–Kier alpha value is -2.53. The van der Waals surface area contributed by atoms with Crippen molar-refractivity contribution < 1.29 is 13.6 Å². The van der Waals surface area contributed by atoms with Crippen LogP contribution < -0.4 is 4.90 Å². The van der Waals surface area contributed by atoms with Crippen molar-refractivity contribution in [1.82, 2.24) is 4.90 Å². The van der Waals surface area contributed by atoms with Crippen LogP contribution in [0.1, 0.15) is 15.9 Å². The van der Waals surface area contributed by atoms with Gasteiger partial charge in [-0.15, -0.1) is 0 Å². The molecule has 1 aliphatic rings. The van der Waals surface area contributed by atoms with Gasteiger partial charge in [0.05, 0.1) is 0 Å². The first-order valence-corrected chi connectivity index (χ1v) is 8.24. The third-order valence-corrected chi connectivity index (χ3v) is 4.40. The molecule has 0 N–H and O–H groups in total. The average Bonchev–Trinajstić information content (AvgIpc) is 2.61. The molecule has 0 bridgehead atoms. The predicted octanol–water partition coefficient (Wildman–Crippen LogP) is 3.61. The van der Waals surface area contributed by atoms with Gasteiger partial charge in [-0.25, -0.2) is 8.78 Å². The summed E-state index contributed by atoms with van der Waals surface area (Å²) in [5, 5.41) is 0. The number of rotatable bonds is 4. The van der Waals surface area contributed by atoms with E-state index in [1.165, 1.54) is 18.2 Å². The van der Waals surface area contributed by atoms with E-state index < -0.39 is 11.6 Å². The number of benzene rings is 2. The van der Waals surface area contributed by atoms with E-state index in [-0.39, 0.29) is 11.3 Å². The Kier molecular flexibility index (Phi) is 5.24. The maximum Gasteiger partial charge on any atom is 0.185 e. The van der Waals surface area contributed by atoms with Crippen LogP contribution in [-0.2, 0) is 0 Å². The van der Waals surface area contributed by atoms with Gasteiger partial charge >= 0.3 is 0 Å². The highest BCUT2D eigenvalue weighted by Crippen LogP contribution is 2.18. The Balaban J connectivity index is 1.67. The SMILES string of the molecule is CN1CCN(c2ccc(C(=O)/C=C/c3ccc(F)cc3F)cc2)CC1. The predicted molar refractivity (Wildman–Crippen MR) is 95.9 cm³/mol. The van der Waals surface area contributed by atoms with Crippen LogP contribution in [0.3, 0.4) is 0 Å². The van der Waals surface area contributed by atoms with E-state index in [0.29, 0.717) is 5.56 Å². The molecule has 0 aliphatic carbocycles. The lowest BCUT2D eigenvalue weighted by molar-refractivity contribution is 0.104. The van der Waals surface area contributed by atoms with Crippen molar-refractivity contribution in [2.24, 2.45) is 0 Å². The third kappa shape index (κ3) is 4.31. The van der Waals surface area contributed by atoms with Gasteiger partial charge in [0, 0.05) is 49.1 Å². The van der Waals surface area contributed by atoms with Crippen molar-refractivity contribution in [3.05, 3.63) is 71.3 Å². The summed E-state index contributed by atoms with van der Waals surface area (Å²) in [5.41, 5.74) is 1.82. The number of carbonyl (C=O) groups is 1. The summed E-state index contributed by atoms with van der Waals surface area (Å²) in [4.78, 5) is 16.8. The number of piperazine rings is 1. The number of nitrogens with zero attached hydrogens (tertiary/aromatic N) is 2. The lowest BCUT2D eigenvalue weighted by Crippen LogP contribution is -2.44. The second kappa shape index (κ2) is 7.57. The minimum Gasteiger partial charge on any atom is -0.369 e. The Morgan fingerprint density at radius 2 is 1.68 bits per heavy atom. The molecule has 0 aromatic heterocycles. The second-order valence-electron chi connectivity index (χ2n) is 6.20. The lowest BCUT2D eigenvalue weighted by Gasteiger charge is -2.34. The first-order chi connectivity index (χ1) is 12.0. The van der Waals surface area contributed by atoms with Crippen molar-refractivity contribution in [3.8, 4) is 0 Å². The fraction of sp³-hybridized carbons (Fsp3) is 0.250. The molecule has 130 valence electrons. The average molecular weight is 342 g/mol. The molecule has 0 saturated carbocycles. The van der Waals surface area contributed by atoms with Gasteiger partial charge in [-0.1, -0.05) is 0 Å². The summed E-state index contributed by atoms with van der Waals surface area (Å²) in [7, 11) is 2.11. The molecule has 0 unspecified atom stereocenters. The van der Waals surface area contributed by atoms with E-state index >= 15 is 0 Å². The molecule has 1 fully saturated rings. The third-order valence-electron chi connectivity index (χ3n) is 4.40. The number of allylic oxidation sites excluding steroid dienone is 1. The molecule has 1 aliphatic heterocycles. The second-order valence-corrected chi connectivity index (χ2v) is 6.20. The monoisotopic (exact) mass is 342 g/mol. The van der Waals surface area contributed by atoms with Crippen LogP contribution in [0.15, 0.2) is 48.5 Å². The minimum atomic E-state index is -0.686. The standard InChI is InChI=1S/C20H20F2N2O/c1-23-10-12-24(13-11-23)18-7-3-16(4-8-18)20(25)9-5-15-2-6-17(21)14-19(15)22/h2-9,14H,10-13H2,1H3/b9-5+. The molecule has 25 heavy (non-hydrogen) atoms. The Morgan fingerprint density at radius 3 is 2.32 bits per heavy atom. The van der Waals surface area contributed by atoms with Crippen LogP contribution >= 0.6 is 0 Å². The number of hydrogen-bond donors (Lipinski definition) is 0. The van der Waals surface area contributed by atoms with E-state index in [1.807, 2.05) is 12.1 Å². The van der Waals surface area contributed by atoms with Gasteiger partial charge < -0.3 is 9.80 Å². The first kappa shape index (κ1) is 17.3. The van der Waals surface area contributed by atoms with E-state index in [1.54, 1.807) is 12.1 Å². The largest absolute Gasteiger partial charge is 0.369 e. The molecular formula is C20H20F2N2O. The lowest BCUT2D eigenvalue weighted by atomic mass is 10.1. The van der Waals surface area contributed by atoms with Crippen LogP contribution in [-0.4, -0.2) is 43.9 Å². The van der Waals surface area contributed by atoms with Crippen LogP contribution in [0.4, 0.5) is 14.5 Å². The molecule has 0 atom stereocenters. The number of ketones is 1. The molecule has 2 aromatic carbocycles. The van der Waals surface area contributed by atoms with Gasteiger partial charge in [0.2, 0.25) is 0 Å². The maximum atomic E-state index is 13.6. The van der Waals surface area contributed by atoms with Gasteiger partial charge in [-0.2, -0.15) is 0 Å². The van der Waals surface area contributed by atoms with Gasteiger partial charge in [0.25, 0.3) is 0 Å². The molecule has 2 aromatic rings. The minimum absolute atomic E-state index is 0.184. The molecule has 3 nitrogen and oxygen atoms in total. The molecule has 5 heteroatoms.